The zero-order valence-electron chi connectivity index (χ0n) is 10.9. The molecule has 0 radical (unpaired) electrons. The van der Waals surface area contributed by atoms with E-state index >= 15 is 0 Å². The smallest absolute Gasteiger partial charge is 0.326 e. The van der Waals surface area contributed by atoms with Crippen molar-refractivity contribution < 1.29 is 9.90 Å². The highest BCUT2D eigenvalue weighted by atomic mass is 32.2. The minimum absolute atomic E-state index is 0.482. The number of rotatable bonds is 1. The molecule has 1 aromatic carbocycles. The van der Waals surface area contributed by atoms with Crippen LogP contribution >= 0.6 is 24.0 Å². The third-order valence-electron chi connectivity index (χ3n) is 3.70. The van der Waals surface area contributed by atoms with E-state index in [2.05, 4.69) is 4.98 Å². The number of fused-ring (bicyclic) bond motifs is 3. The van der Waals surface area contributed by atoms with Crippen LogP contribution in [0.15, 0.2) is 24.3 Å². The van der Waals surface area contributed by atoms with E-state index in [1.807, 2.05) is 30.5 Å². The van der Waals surface area contributed by atoms with Crippen LogP contribution in [-0.2, 0) is 17.8 Å². The van der Waals surface area contributed by atoms with E-state index < -0.39 is 12.0 Å². The van der Waals surface area contributed by atoms with Crippen LogP contribution in [0.3, 0.4) is 0 Å². The molecule has 0 bridgehead atoms. The third kappa shape index (κ3) is 2.09. The predicted molar refractivity (Wildman–Crippen MR) is 85.1 cm³/mol. The van der Waals surface area contributed by atoms with Gasteiger partial charge in [0.25, 0.3) is 0 Å². The Morgan fingerprint density at radius 2 is 2.25 bits per heavy atom. The maximum Gasteiger partial charge on any atom is 0.326 e. The van der Waals surface area contributed by atoms with Crippen LogP contribution in [0.2, 0.25) is 0 Å². The molecule has 20 heavy (non-hydrogen) atoms. The van der Waals surface area contributed by atoms with E-state index in [0.717, 1.165) is 22.2 Å². The minimum Gasteiger partial charge on any atom is -0.480 e. The molecule has 0 aliphatic carbocycles. The minimum atomic E-state index is -0.822. The largest absolute Gasteiger partial charge is 0.480 e. The number of benzene rings is 1. The van der Waals surface area contributed by atoms with Crippen molar-refractivity contribution >= 4 is 45.2 Å². The second kappa shape index (κ2) is 5.10. The Hall–Kier alpha value is -1.53. The van der Waals surface area contributed by atoms with E-state index in [0.29, 0.717) is 17.3 Å². The lowest BCUT2D eigenvalue weighted by Crippen LogP contribution is -2.47. The number of aromatic nitrogens is 1. The number of H-pyrrole nitrogens is 1. The van der Waals surface area contributed by atoms with Crippen molar-refractivity contribution in [2.24, 2.45) is 0 Å². The molecule has 2 heterocycles. The van der Waals surface area contributed by atoms with Crippen molar-refractivity contribution in [1.82, 2.24) is 9.88 Å². The van der Waals surface area contributed by atoms with Crippen molar-refractivity contribution in [2.45, 2.75) is 19.0 Å². The topological polar surface area (TPSA) is 56.3 Å². The number of nitrogens with one attached hydrogen (secondary N) is 1. The molecule has 2 N–H and O–H groups in total. The molecule has 2 aromatic rings. The lowest BCUT2D eigenvalue weighted by molar-refractivity contribution is -0.142. The van der Waals surface area contributed by atoms with Gasteiger partial charge in [0.1, 0.15) is 10.4 Å². The highest BCUT2D eigenvalue weighted by molar-refractivity contribution is 8.22. The standard InChI is InChI=1S/C14H14N2O2S2/c1-20-14(19)16-7-11-9(6-12(16)13(17)18)8-4-2-3-5-10(8)15-11/h2-5,12,15H,6-7H2,1H3,(H,17,18)/t12-/m0/s1. The molecule has 0 fully saturated rings. The van der Waals surface area contributed by atoms with Gasteiger partial charge in [0, 0.05) is 23.0 Å². The Morgan fingerprint density at radius 3 is 2.95 bits per heavy atom. The number of carboxylic acids is 1. The number of aromatic amines is 1. The van der Waals surface area contributed by atoms with Crippen molar-refractivity contribution in [1.29, 1.82) is 0 Å². The first kappa shape index (κ1) is 13.5. The third-order valence-corrected chi connectivity index (χ3v) is 5.02. The summed E-state index contributed by atoms with van der Waals surface area (Å²) in [5.41, 5.74) is 3.23. The maximum absolute atomic E-state index is 11.5. The van der Waals surface area contributed by atoms with Crippen LogP contribution in [0.25, 0.3) is 10.9 Å². The maximum atomic E-state index is 11.5. The number of hydrogen-bond donors (Lipinski definition) is 2. The van der Waals surface area contributed by atoms with Crippen molar-refractivity contribution in [3.05, 3.63) is 35.5 Å². The van der Waals surface area contributed by atoms with E-state index in [1.165, 1.54) is 11.8 Å². The van der Waals surface area contributed by atoms with Gasteiger partial charge in [-0.1, -0.05) is 30.4 Å². The van der Waals surface area contributed by atoms with Gasteiger partial charge in [-0.05, 0) is 17.9 Å². The summed E-state index contributed by atoms with van der Waals surface area (Å²) < 4.78 is 0.627. The molecule has 4 nitrogen and oxygen atoms in total. The van der Waals surface area contributed by atoms with Gasteiger partial charge >= 0.3 is 5.97 Å². The van der Waals surface area contributed by atoms with Crippen molar-refractivity contribution in [3.63, 3.8) is 0 Å². The van der Waals surface area contributed by atoms with Crippen LogP contribution in [-0.4, -0.2) is 37.6 Å². The second-order valence-corrected chi connectivity index (χ2v) is 6.22. The normalized spacial score (nSPS) is 18.1. The molecule has 0 spiro atoms. The van der Waals surface area contributed by atoms with Gasteiger partial charge in [-0.15, -0.1) is 11.8 Å². The van der Waals surface area contributed by atoms with Crippen LogP contribution < -0.4 is 0 Å². The lowest BCUT2D eigenvalue weighted by atomic mass is 9.97. The van der Waals surface area contributed by atoms with Gasteiger partial charge in [0.05, 0.1) is 6.54 Å². The molecular weight excluding hydrogens is 292 g/mol. The van der Waals surface area contributed by atoms with Crippen molar-refractivity contribution in [2.75, 3.05) is 6.26 Å². The Kier molecular flexibility index (Phi) is 3.43. The van der Waals surface area contributed by atoms with Crippen LogP contribution in [0, 0.1) is 0 Å². The summed E-state index contributed by atoms with van der Waals surface area (Å²) in [4.78, 5) is 16.7. The number of thiocarbonyl (C=S) groups is 1. The fourth-order valence-corrected chi connectivity index (χ4v) is 3.36. The first-order valence-electron chi connectivity index (χ1n) is 6.27. The molecule has 3 rings (SSSR count). The van der Waals surface area contributed by atoms with Crippen LogP contribution in [0.1, 0.15) is 11.3 Å². The molecule has 1 atom stereocenters. The van der Waals surface area contributed by atoms with E-state index in [4.69, 9.17) is 12.2 Å². The summed E-state index contributed by atoms with van der Waals surface area (Å²) in [7, 11) is 0. The Morgan fingerprint density at radius 1 is 1.50 bits per heavy atom. The zero-order chi connectivity index (χ0) is 14.3. The van der Waals surface area contributed by atoms with E-state index in [-0.39, 0.29) is 0 Å². The number of para-hydroxylation sites is 1. The van der Waals surface area contributed by atoms with Gasteiger partial charge in [0.2, 0.25) is 0 Å². The summed E-state index contributed by atoms with van der Waals surface area (Å²) in [6, 6.07) is 7.42. The summed E-state index contributed by atoms with van der Waals surface area (Å²) in [5, 5.41) is 10.6. The molecule has 6 heteroatoms. The fraction of sp³-hybridized carbons (Fsp3) is 0.286. The fourth-order valence-electron chi connectivity index (χ4n) is 2.74. The first-order valence-corrected chi connectivity index (χ1v) is 7.91. The highest BCUT2D eigenvalue weighted by Gasteiger charge is 2.34. The Labute approximate surface area is 126 Å². The van der Waals surface area contributed by atoms with Crippen molar-refractivity contribution in [3.8, 4) is 0 Å². The molecule has 1 aromatic heterocycles. The summed E-state index contributed by atoms with van der Waals surface area (Å²) >= 11 is 6.71. The molecular formula is C14H14N2O2S2. The highest BCUT2D eigenvalue weighted by Crippen LogP contribution is 2.31. The molecule has 104 valence electrons. The van der Waals surface area contributed by atoms with Crippen LogP contribution in [0.5, 0.6) is 0 Å². The van der Waals surface area contributed by atoms with Gasteiger partial charge < -0.3 is 15.0 Å². The average molecular weight is 306 g/mol. The van der Waals surface area contributed by atoms with Gasteiger partial charge in [-0.25, -0.2) is 4.79 Å². The van der Waals surface area contributed by atoms with E-state index in [1.54, 1.807) is 4.90 Å². The number of hydrogen-bond acceptors (Lipinski definition) is 3. The molecule has 0 unspecified atom stereocenters. The second-order valence-electron chi connectivity index (χ2n) is 4.78. The SMILES string of the molecule is CSC(=S)N1Cc2[nH]c3ccccc3c2C[C@H]1C(=O)O. The first-order chi connectivity index (χ1) is 9.61. The monoisotopic (exact) mass is 306 g/mol. The predicted octanol–water partition coefficient (Wildman–Crippen LogP) is 2.63. The van der Waals surface area contributed by atoms with Gasteiger partial charge in [-0.2, -0.15) is 0 Å². The zero-order valence-corrected chi connectivity index (χ0v) is 12.6. The Balaban J connectivity index is 2.08. The number of nitrogens with zero attached hydrogens (tertiary/aromatic N) is 1. The quantitative estimate of drug-likeness (QED) is 0.793. The average Bonchev–Trinajstić information content (AvgIpc) is 2.82. The molecule has 0 saturated carbocycles. The number of thioether (sulfide) groups is 1. The number of carbonyl (C=O) groups is 1. The number of carboxylic acid groups (broad SMARTS) is 1. The summed E-state index contributed by atoms with van der Waals surface area (Å²) in [6.07, 6.45) is 2.36. The molecule has 1 aliphatic heterocycles. The summed E-state index contributed by atoms with van der Waals surface area (Å²) in [6.45, 7) is 0.528. The summed E-state index contributed by atoms with van der Waals surface area (Å²) in [5.74, 6) is -0.822. The molecule has 0 saturated heterocycles. The van der Waals surface area contributed by atoms with Gasteiger partial charge in [-0.3, -0.25) is 0 Å². The van der Waals surface area contributed by atoms with E-state index in [9.17, 15) is 9.90 Å². The van der Waals surface area contributed by atoms with Crippen LogP contribution in [0.4, 0.5) is 0 Å². The molecule has 1 aliphatic rings. The lowest BCUT2D eigenvalue weighted by Gasteiger charge is -2.34. The van der Waals surface area contributed by atoms with Gasteiger partial charge in [0.15, 0.2) is 0 Å². The Bertz CT molecular complexity index is 696. The number of aliphatic carboxylic acids is 1. The molecule has 0 amide bonds.